The number of amides is 1. The maximum atomic E-state index is 13.0. The van der Waals surface area contributed by atoms with Crippen LogP contribution in [0.2, 0.25) is 0 Å². The monoisotopic (exact) mass is 848 g/mol. The van der Waals surface area contributed by atoms with E-state index >= 15 is 0 Å². The average molecular weight is 848 g/mol. The fourth-order valence-corrected chi connectivity index (χ4v) is 7.60. The molecule has 9 heteroatoms. The zero-order valence-corrected chi connectivity index (χ0v) is 38.5. The second-order valence-electron chi connectivity index (χ2n) is 17.2. The molecule has 0 aromatic rings. The van der Waals surface area contributed by atoms with E-state index in [-0.39, 0.29) is 12.5 Å². The van der Waals surface area contributed by atoms with Crippen molar-refractivity contribution in [3.63, 3.8) is 0 Å². The molecule has 0 radical (unpaired) electrons. The molecule has 7 atom stereocenters. The normalized spacial score (nSPS) is 20.9. The molecule has 0 saturated carbocycles. The van der Waals surface area contributed by atoms with Crippen LogP contribution in [0.25, 0.3) is 0 Å². The first-order chi connectivity index (χ1) is 29.3. The fourth-order valence-electron chi connectivity index (χ4n) is 7.60. The molecule has 0 bridgehead atoms. The third kappa shape index (κ3) is 31.1. The highest BCUT2D eigenvalue weighted by molar-refractivity contribution is 5.76. The summed E-state index contributed by atoms with van der Waals surface area (Å²) in [6, 6.07) is -0.827. The van der Waals surface area contributed by atoms with Gasteiger partial charge in [0, 0.05) is 6.42 Å². The highest BCUT2D eigenvalue weighted by Crippen LogP contribution is 2.23. The summed E-state index contributed by atoms with van der Waals surface area (Å²) in [5, 5.41) is 54.1. The number of hydrogen-bond acceptors (Lipinski definition) is 8. The minimum Gasteiger partial charge on any atom is -0.394 e. The van der Waals surface area contributed by atoms with E-state index in [0.717, 1.165) is 57.8 Å². The van der Waals surface area contributed by atoms with Gasteiger partial charge in [-0.2, -0.15) is 0 Å². The molecule has 1 aliphatic rings. The van der Waals surface area contributed by atoms with Crippen molar-refractivity contribution < 1.29 is 39.8 Å². The molecule has 1 fully saturated rings. The summed E-state index contributed by atoms with van der Waals surface area (Å²) in [6.07, 6.45) is 46.1. The number of aliphatic hydroxyl groups is 5. The van der Waals surface area contributed by atoms with Crippen LogP contribution in [0.3, 0.4) is 0 Å². The molecule has 1 heterocycles. The van der Waals surface area contributed by atoms with Crippen molar-refractivity contribution >= 4 is 5.91 Å². The summed E-state index contributed by atoms with van der Waals surface area (Å²) in [5.41, 5.74) is 0. The summed E-state index contributed by atoms with van der Waals surface area (Å²) in [4.78, 5) is 13.0. The molecule has 0 aliphatic carbocycles. The number of nitrogens with one attached hydrogen (secondary N) is 1. The third-order valence-corrected chi connectivity index (χ3v) is 11.6. The van der Waals surface area contributed by atoms with Gasteiger partial charge in [-0.3, -0.25) is 4.79 Å². The van der Waals surface area contributed by atoms with Gasteiger partial charge in [0.1, 0.15) is 24.4 Å². The molecule has 60 heavy (non-hydrogen) atoms. The minimum atomic E-state index is -1.57. The number of carbonyl (C=O) groups excluding carboxylic acids is 1. The maximum Gasteiger partial charge on any atom is 0.220 e. The average Bonchev–Trinajstić information content (AvgIpc) is 3.25. The van der Waals surface area contributed by atoms with E-state index in [2.05, 4.69) is 55.6 Å². The van der Waals surface area contributed by atoms with E-state index < -0.39 is 49.5 Å². The van der Waals surface area contributed by atoms with Crippen LogP contribution in [0.1, 0.15) is 213 Å². The molecular weight excluding hydrogens is 755 g/mol. The first-order valence-corrected chi connectivity index (χ1v) is 24.9. The summed E-state index contributed by atoms with van der Waals surface area (Å²) in [7, 11) is 0. The lowest BCUT2D eigenvalue weighted by Gasteiger charge is -2.40. The number of aliphatic hydroxyl groups excluding tert-OH is 5. The Labute approximate surface area is 367 Å². The number of unbranched alkanes of at least 4 members (excludes halogenated alkanes) is 25. The van der Waals surface area contributed by atoms with Crippen molar-refractivity contribution in [3.05, 3.63) is 48.6 Å². The molecule has 6 N–H and O–H groups in total. The molecule has 0 aromatic heterocycles. The van der Waals surface area contributed by atoms with Crippen LogP contribution in [-0.4, -0.2) is 87.5 Å². The van der Waals surface area contributed by atoms with Crippen LogP contribution in [0.5, 0.6) is 0 Å². The maximum absolute atomic E-state index is 13.0. The van der Waals surface area contributed by atoms with Gasteiger partial charge in [-0.15, -0.1) is 0 Å². The van der Waals surface area contributed by atoms with Crippen LogP contribution in [0.4, 0.5) is 0 Å². The number of carbonyl (C=O) groups is 1. The number of hydrogen-bond donors (Lipinski definition) is 6. The highest BCUT2D eigenvalue weighted by atomic mass is 16.7. The van der Waals surface area contributed by atoms with Gasteiger partial charge in [0.2, 0.25) is 5.91 Å². The van der Waals surface area contributed by atoms with Crippen molar-refractivity contribution in [1.29, 1.82) is 0 Å². The Kier molecular flexibility index (Phi) is 38.5. The molecule has 1 amide bonds. The van der Waals surface area contributed by atoms with Crippen molar-refractivity contribution in [1.82, 2.24) is 5.32 Å². The van der Waals surface area contributed by atoms with Gasteiger partial charge in [0.25, 0.3) is 0 Å². The molecule has 7 unspecified atom stereocenters. The number of ether oxygens (including phenoxy) is 2. The molecular formula is C51H93NO8. The lowest BCUT2D eigenvalue weighted by molar-refractivity contribution is -0.302. The smallest absolute Gasteiger partial charge is 0.220 e. The van der Waals surface area contributed by atoms with Crippen LogP contribution >= 0.6 is 0 Å². The van der Waals surface area contributed by atoms with E-state index in [9.17, 15) is 30.3 Å². The predicted molar refractivity (Wildman–Crippen MR) is 249 cm³/mol. The Hall–Kier alpha value is -1.85. The van der Waals surface area contributed by atoms with Crippen LogP contribution < -0.4 is 5.32 Å². The van der Waals surface area contributed by atoms with E-state index in [0.29, 0.717) is 6.42 Å². The highest BCUT2D eigenvalue weighted by Gasteiger charge is 2.44. The molecule has 0 aromatic carbocycles. The van der Waals surface area contributed by atoms with Gasteiger partial charge in [-0.1, -0.05) is 191 Å². The van der Waals surface area contributed by atoms with Crippen LogP contribution in [0, 0.1) is 0 Å². The first kappa shape index (κ1) is 56.2. The van der Waals surface area contributed by atoms with Crippen LogP contribution in [0.15, 0.2) is 48.6 Å². The second kappa shape index (κ2) is 41.2. The standard InChI is InChI=1S/C51H93NO8/c1-3-5-7-9-11-13-15-16-17-18-19-20-21-22-23-24-25-26-27-28-29-31-33-35-37-39-41-47(55)52-44(43-59-51-50(58)49(57)48(56)46(42-53)60-51)45(54)40-38-36-34-32-30-14-12-10-8-6-4-2/h8,10,22-23,30,32,38,40,44-46,48-51,53-54,56-58H,3-7,9,11-21,24-29,31,33-37,39,41-43H2,1-2H3,(H,52,55)/b10-8+,23-22-,32-30+,40-38+. The molecule has 1 saturated heterocycles. The number of rotatable bonds is 41. The second-order valence-corrected chi connectivity index (χ2v) is 17.2. The quantitative estimate of drug-likeness (QED) is 0.0263. The summed E-state index contributed by atoms with van der Waals surface area (Å²) >= 11 is 0. The Morgan fingerprint density at radius 1 is 0.550 bits per heavy atom. The van der Waals surface area contributed by atoms with Crippen LogP contribution in [-0.2, 0) is 14.3 Å². The molecule has 9 nitrogen and oxygen atoms in total. The Balaban J connectivity index is 2.22. The molecule has 1 rings (SSSR count). The number of allylic oxidation sites excluding steroid dienone is 7. The largest absolute Gasteiger partial charge is 0.394 e. The SMILES string of the molecule is CCC/C=C/CC/C=C/CC/C=C/C(O)C(COC1OC(CO)C(O)C(O)C1O)NC(=O)CCCCCCCCCCCC/C=C\CCCCCCCCCCCCCC. The van der Waals surface area contributed by atoms with E-state index in [1.165, 1.54) is 135 Å². The van der Waals surface area contributed by atoms with E-state index in [4.69, 9.17) is 9.47 Å². The molecule has 0 spiro atoms. The Morgan fingerprint density at radius 2 is 0.983 bits per heavy atom. The van der Waals surface area contributed by atoms with Crippen molar-refractivity contribution in [2.45, 2.75) is 256 Å². The zero-order valence-electron chi connectivity index (χ0n) is 38.5. The first-order valence-electron chi connectivity index (χ1n) is 24.9. The molecule has 350 valence electrons. The van der Waals surface area contributed by atoms with Crippen molar-refractivity contribution in [3.8, 4) is 0 Å². The topological polar surface area (TPSA) is 149 Å². The third-order valence-electron chi connectivity index (χ3n) is 11.6. The van der Waals surface area contributed by atoms with Gasteiger partial charge in [-0.25, -0.2) is 0 Å². The summed E-state index contributed by atoms with van der Waals surface area (Å²) < 4.78 is 11.2. The zero-order chi connectivity index (χ0) is 43.7. The van der Waals surface area contributed by atoms with Crippen molar-refractivity contribution in [2.75, 3.05) is 13.2 Å². The minimum absolute atomic E-state index is 0.194. The van der Waals surface area contributed by atoms with Crippen molar-refractivity contribution in [2.24, 2.45) is 0 Å². The van der Waals surface area contributed by atoms with E-state index in [1.54, 1.807) is 6.08 Å². The lowest BCUT2D eigenvalue weighted by Crippen LogP contribution is -2.60. The van der Waals surface area contributed by atoms with Gasteiger partial charge in [0.05, 0.1) is 25.4 Å². The Morgan fingerprint density at radius 3 is 1.47 bits per heavy atom. The fraction of sp³-hybridized carbons (Fsp3) is 0.824. The van der Waals surface area contributed by atoms with Gasteiger partial charge in [-0.05, 0) is 64.2 Å². The Bertz CT molecular complexity index is 1080. The van der Waals surface area contributed by atoms with Gasteiger partial charge < -0.3 is 40.3 Å². The van der Waals surface area contributed by atoms with Gasteiger partial charge in [0.15, 0.2) is 6.29 Å². The van der Waals surface area contributed by atoms with E-state index in [1.807, 2.05) is 6.08 Å². The molecule has 1 aliphatic heterocycles. The summed E-state index contributed by atoms with van der Waals surface area (Å²) in [6.45, 7) is 3.68. The van der Waals surface area contributed by atoms with Gasteiger partial charge >= 0.3 is 0 Å². The summed E-state index contributed by atoms with van der Waals surface area (Å²) in [5.74, 6) is -0.194. The predicted octanol–water partition coefficient (Wildman–Crippen LogP) is 11.0. The lowest BCUT2D eigenvalue weighted by atomic mass is 9.99.